The summed E-state index contributed by atoms with van der Waals surface area (Å²) in [5.74, 6) is -0.280. The van der Waals surface area contributed by atoms with Crippen molar-refractivity contribution in [3.63, 3.8) is 0 Å². The van der Waals surface area contributed by atoms with E-state index in [1.807, 2.05) is 0 Å². The summed E-state index contributed by atoms with van der Waals surface area (Å²) in [6.45, 7) is 0. The maximum absolute atomic E-state index is 13.0. The number of Topliss-reactive ketones (excluding diaryl/α,β-unsaturated/α-hetero) is 1. The van der Waals surface area contributed by atoms with E-state index in [0.29, 0.717) is 27.7 Å². The van der Waals surface area contributed by atoms with E-state index in [9.17, 15) is 9.18 Å². The average molecular weight is 282 g/mol. The number of hydrogen-bond donors (Lipinski definition) is 0. The molecule has 2 aromatic rings. The second-order valence-corrected chi connectivity index (χ2v) is 5.68. The fourth-order valence-electron chi connectivity index (χ4n) is 2.05. The lowest BCUT2D eigenvalue weighted by molar-refractivity contribution is 0.0968. The Bertz CT molecular complexity index is 638. The average Bonchev–Trinajstić information content (AvgIpc) is 2.74. The molecular formula is C13H9ClFNOS. The third-order valence-corrected chi connectivity index (χ3v) is 4.39. The van der Waals surface area contributed by atoms with Crippen LogP contribution in [0.1, 0.15) is 28.2 Å². The number of halogens is 2. The number of nitrogens with zero attached hydrogens (tertiary/aromatic N) is 1. The van der Waals surface area contributed by atoms with Crippen molar-refractivity contribution in [2.45, 2.75) is 19.3 Å². The molecule has 92 valence electrons. The van der Waals surface area contributed by atoms with Crippen LogP contribution in [0.25, 0.3) is 10.6 Å². The fourth-order valence-corrected chi connectivity index (χ4v) is 3.52. The number of aryl methyl sites for hydroxylation is 1. The normalized spacial score (nSPS) is 14.7. The van der Waals surface area contributed by atoms with Crippen LogP contribution in [0.3, 0.4) is 0 Å². The molecule has 1 aliphatic carbocycles. The Kier molecular flexibility index (Phi) is 2.92. The number of carbonyl (C=O) groups excluding carboxylic acids is 1. The molecule has 18 heavy (non-hydrogen) atoms. The number of fused-ring (bicyclic) bond motifs is 1. The van der Waals surface area contributed by atoms with Gasteiger partial charge in [-0.05, 0) is 31.0 Å². The minimum absolute atomic E-state index is 0.0944. The van der Waals surface area contributed by atoms with Gasteiger partial charge < -0.3 is 0 Å². The largest absolute Gasteiger partial charge is 0.292 e. The summed E-state index contributed by atoms with van der Waals surface area (Å²) < 4.78 is 13.0. The molecule has 0 aliphatic heterocycles. The molecule has 0 bridgehead atoms. The van der Waals surface area contributed by atoms with Crippen LogP contribution < -0.4 is 0 Å². The number of hydrogen-bond acceptors (Lipinski definition) is 3. The van der Waals surface area contributed by atoms with Gasteiger partial charge in [-0.2, -0.15) is 0 Å². The Morgan fingerprint density at radius 3 is 2.89 bits per heavy atom. The van der Waals surface area contributed by atoms with Crippen molar-refractivity contribution in [2.75, 3.05) is 0 Å². The quantitative estimate of drug-likeness (QED) is 0.787. The molecule has 1 aromatic heterocycles. The first kappa shape index (κ1) is 11.8. The van der Waals surface area contributed by atoms with Crippen molar-refractivity contribution >= 4 is 28.7 Å². The van der Waals surface area contributed by atoms with Gasteiger partial charge in [-0.15, -0.1) is 11.3 Å². The zero-order valence-corrected chi connectivity index (χ0v) is 10.9. The summed E-state index contributed by atoms with van der Waals surface area (Å²) in [6.07, 6.45) is 2.33. The second-order valence-electron chi connectivity index (χ2n) is 4.19. The van der Waals surface area contributed by atoms with Crippen molar-refractivity contribution in [3.05, 3.63) is 39.6 Å². The SMILES string of the molecule is O=C1CCCc2sc(-c3ccc(F)cc3Cl)nc21. The highest BCUT2D eigenvalue weighted by atomic mass is 35.5. The van der Waals surface area contributed by atoms with Crippen LogP contribution in [0.15, 0.2) is 18.2 Å². The van der Waals surface area contributed by atoms with Crippen LogP contribution in [-0.2, 0) is 6.42 Å². The van der Waals surface area contributed by atoms with Gasteiger partial charge in [0.25, 0.3) is 0 Å². The minimum Gasteiger partial charge on any atom is -0.292 e. The van der Waals surface area contributed by atoms with Gasteiger partial charge in [-0.25, -0.2) is 9.37 Å². The van der Waals surface area contributed by atoms with E-state index in [1.165, 1.54) is 23.5 Å². The van der Waals surface area contributed by atoms with Gasteiger partial charge in [0.05, 0.1) is 5.02 Å². The molecule has 0 spiro atoms. The van der Waals surface area contributed by atoms with Gasteiger partial charge in [0.15, 0.2) is 5.78 Å². The molecule has 0 saturated carbocycles. The third kappa shape index (κ3) is 1.95. The highest BCUT2D eigenvalue weighted by Crippen LogP contribution is 2.36. The lowest BCUT2D eigenvalue weighted by atomic mass is 10.0. The van der Waals surface area contributed by atoms with Crippen LogP contribution in [0, 0.1) is 5.82 Å². The number of carbonyl (C=O) groups is 1. The van der Waals surface area contributed by atoms with Crippen molar-refractivity contribution in [1.29, 1.82) is 0 Å². The molecular weight excluding hydrogens is 273 g/mol. The molecule has 0 atom stereocenters. The lowest BCUT2D eigenvalue weighted by Gasteiger charge is -2.06. The zero-order valence-electron chi connectivity index (χ0n) is 9.37. The van der Waals surface area contributed by atoms with Gasteiger partial charge in [0, 0.05) is 16.9 Å². The first-order chi connectivity index (χ1) is 8.65. The first-order valence-corrected chi connectivity index (χ1v) is 6.83. The molecule has 2 nitrogen and oxygen atoms in total. The smallest absolute Gasteiger partial charge is 0.182 e. The van der Waals surface area contributed by atoms with Crippen LogP contribution in [0.2, 0.25) is 5.02 Å². The van der Waals surface area contributed by atoms with E-state index in [0.717, 1.165) is 17.7 Å². The Morgan fingerprint density at radius 1 is 1.33 bits per heavy atom. The fraction of sp³-hybridized carbons (Fsp3) is 0.231. The summed E-state index contributed by atoms with van der Waals surface area (Å²) in [5.41, 5.74) is 1.26. The van der Waals surface area contributed by atoms with E-state index in [2.05, 4.69) is 4.98 Å². The summed E-state index contributed by atoms with van der Waals surface area (Å²) in [6, 6.07) is 4.22. The molecule has 0 amide bonds. The first-order valence-electron chi connectivity index (χ1n) is 5.63. The van der Waals surface area contributed by atoms with Crippen LogP contribution in [-0.4, -0.2) is 10.8 Å². The molecule has 0 N–H and O–H groups in total. The Hall–Kier alpha value is -1.26. The van der Waals surface area contributed by atoms with E-state index in [1.54, 1.807) is 6.07 Å². The summed E-state index contributed by atoms with van der Waals surface area (Å²) >= 11 is 7.48. The highest BCUT2D eigenvalue weighted by molar-refractivity contribution is 7.15. The number of benzene rings is 1. The topological polar surface area (TPSA) is 30.0 Å². The highest BCUT2D eigenvalue weighted by Gasteiger charge is 2.23. The number of rotatable bonds is 1. The Balaban J connectivity index is 2.10. The van der Waals surface area contributed by atoms with E-state index >= 15 is 0 Å². The van der Waals surface area contributed by atoms with Crippen LogP contribution in [0.5, 0.6) is 0 Å². The standard InChI is InChI=1S/C13H9ClFNOS/c14-9-6-7(15)4-5-8(9)13-16-12-10(17)2-1-3-11(12)18-13/h4-6H,1-3H2. The van der Waals surface area contributed by atoms with Gasteiger partial charge in [-0.1, -0.05) is 11.6 Å². The maximum Gasteiger partial charge on any atom is 0.182 e. The maximum atomic E-state index is 13.0. The Morgan fingerprint density at radius 2 is 2.17 bits per heavy atom. The van der Waals surface area contributed by atoms with Gasteiger partial charge in [0.1, 0.15) is 16.5 Å². The minimum atomic E-state index is -0.374. The van der Waals surface area contributed by atoms with Gasteiger partial charge >= 0.3 is 0 Å². The van der Waals surface area contributed by atoms with Crippen LogP contribution >= 0.6 is 22.9 Å². The number of thiazole rings is 1. The third-order valence-electron chi connectivity index (χ3n) is 2.93. The van der Waals surface area contributed by atoms with E-state index < -0.39 is 0 Å². The predicted octanol–water partition coefficient (Wildman–Crippen LogP) is 4.12. The van der Waals surface area contributed by atoms with E-state index in [4.69, 9.17) is 11.6 Å². The van der Waals surface area contributed by atoms with Crippen molar-refractivity contribution in [1.82, 2.24) is 4.98 Å². The van der Waals surface area contributed by atoms with Gasteiger partial charge in [0.2, 0.25) is 0 Å². The molecule has 0 radical (unpaired) electrons. The number of aromatic nitrogens is 1. The molecule has 0 unspecified atom stereocenters. The van der Waals surface area contributed by atoms with Crippen molar-refractivity contribution in [2.24, 2.45) is 0 Å². The predicted molar refractivity (Wildman–Crippen MR) is 69.8 cm³/mol. The second kappa shape index (κ2) is 4.44. The molecule has 0 fully saturated rings. The van der Waals surface area contributed by atoms with E-state index in [-0.39, 0.29) is 11.6 Å². The zero-order chi connectivity index (χ0) is 12.7. The van der Waals surface area contributed by atoms with Crippen molar-refractivity contribution in [3.8, 4) is 10.6 Å². The molecule has 1 aromatic carbocycles. The Labute approximate surface area is 112 Å². The van der Waals surface area contributed by atoms with Crippen LogP contribution in [0.4, 0.5) is 4.39 Å². The lowest BCUT2D eigenvalue weighted by Crippen LogP contribution is -2.08. The van der Waals surface area contributed by atoms with Crippen molar-refractivity contribution < 1.29 is 9.18 Å². The molecule has 5 heteroatoms. The monoisotopic (exact) mass is 281 g/mol. The summed E-state index contributed by atoms with van der Waals surface area (Å²) in [5, 5.41) is 1.02. The number of ketones is 1. The molecule has 0 saturated heterocycles. The molecule has 1 aliphatic rings. The summed E-state index contributed by atoms with van der Waals surface area (Å²) in [4.78, 5) is 17.1. The summed E-state index contributed by atoms with van der Waals surface area (Å²) in [7, 11) is 0. The molecule has 3 rings (SSSR count). The van der Waals surface area contributed by atoms with Gasteiger partial charge in [-0.3, -0.25) is 4.79 Å². The molecule has 1 heterocycles.